The minimum absolute atomic E-state index is 0.255. The van der Waals surface area contributed by atoms with Gasteiger partial charge < -0.3 is 10.6 Å². The minimum Gasteiger partial charge on any atom is -0.356 e. The van der Waals surface area contributed by atoms with E-state index >= 15 is 0 Å². The molecular weight excluding hydrogens is 399 g/mol. The standard InChI is InChI=1S/C20H26F3N5S/c1-24-19(25-10-9-18-27-17(14-29-18)20(21,22)23)26-13-16(28-11-5-6-12-28)15-7-3-2-4-8-15/h2-4,7-8,14,16H,5-6,9-13H2,1H3,(H2,24,25,26). The highest BCUT2D eigenvalue weighted by molar-refractivity contribution is 7.09. The molecule has 2 heterocycles. The van der Waals surface area contributed by atoms with Crippen molar-refractivity contribution in [1.29, 1.82) is 0 Å². The number of likely N-dealkylation sites (tertiary alicyclic amines) is 1. The van der Waals surface area contributed by atoms with E-state index in [1.807, 2.05) is 6.07 Å². The summed E-state index contributed by atoms with van der Waals surface area (Å²) in [6.45, 7) is 3.33. The van der Waals surface area contributed by atoms with Crippen molar-refractivity contribution in [3.8, 4) is 0 Å². The maximum atomic E-state index is 12.6. The molecular formula is C20H26F3N5S. The van der Waals surface area contributed by atoms with E-state index in [1.165, 1.54) is 18.4 Å². The molecule has 0 aliphatic carbocycles. The molecule has 0 radical (unpaired) electrons. The molecule has 3 rings (SSSR count). The van der Waals surface area contributed by atoms with Crippen molar-refractivity contribution >= 4 is 17.3 Å². The van der Waals surface area contributed by atoms with E-state index in [0.29, 0.717) is 30.5 Å². The van der Waals surface area contributed by atoms with Crippen molar-refractivity contribution < 1.29 is 13.2 Å². The smallest absolute Gasteiger partial charge is 0.356 e. The number of hydrogen-bond acceptors (Lipinski definition) is 4. The number of nitrogens with one attached hydrogen (secondary N) is 2. The molecule has 1 fully saturated rings. The zero-order valence-corrected chi connectivity index (χ0v) is 17.2. The number of benzene rings is 1. The van der Waals surface area contributed by atoms with E-state index in [4.69, 9.17) is 0 Å². The fourth-order valence-electron chi connectivity index (χ4n) is 3.44. The predicted molar refractivity (Wildman–Crippen MR) is 110 cm³/mol. The lowest BCUT2D eigenvalue weighted by atomic mass is 10.1. The summed E-state index contributed by atoms with van der Waals surface area (Å²) in [7, 11) is 1.69. The maximum absolute atomic E-state index is 12.6. The Hall–Kier alpha value is -2.13. The number of rotatable bonds is 7. The first-order chi connectivity index (χ1) is 14.0. The number of aliphatic imine (C=N–C) groups is 1. The van der Waals surface area contributed by atoms with Crippen LogP contribution in [0.1, 0.15) is 35.1 Å². The number of thiazole rings is 1. The number of aromatic nitrogens is 1. The number of halogens is 3. The van der Waals surface area contributed by atoms with Crippen LogP contribution in [0.2, 0.25) is 0 Å². The average Bonchev–Trinajstić information content (AvgIpc) is 3.39. The summed E-state index contributed by atoms with van der Waals surface area (Å²) in [5.74, 6) is 0.637. The number of hydrogen-bond donors (Lipinski definition) is 2. The van der Waals surface area contributed by atoms with Gasteiger partial charge >= 0.3 is 6.18 Å². The number of guanidine groups is 1. The Morgan fingerprint density at radius 1 is 1.21 bits per heavy atom. The molecule has 1 aliphatic rings. The van der Waals surface area contributed by atoms with Crippen LogP contribution >= 0.6 is 11.3 Å². The molecule has 1 saturated heterocycles. The molecule has 1 aliphatic heterocycles. The highest BCUT2D eigenvalue weighted by Gasteiger charge is 2.33. The van der Waals surface area contributed by atoms with Crippen molar-refractivity contribution in [2.45, 2.75) is 31.5 Å². The van der Waals surface area contributed by atoms with Gasteiger partial charge in [-0.3, -0.25) is 9.89 Å². The molecule has 1 aromatic heterocycles. The van der Waals surface area contributed by atoms with Crippen LogP contribution in [0.4, 0.5) is 13.2 Å². The molecule has 0 bridgehead atoms. The van der Waals surface area contributed by atoms with E-state index in [0.717, 1.165) is 29.8 Å². The Kier molecular flexibility index (Phi) is 7.49. The minimum atomic E-state index is -4.39. The second-order valence-corrected chi connectivity index (χ2v) is 7.87. The number of nitrogens with zero attached hydrogens (tertiary/aromatic N) is 3. The van der Waals surface area contributed by atoms with E-state index in [2.05, 4.69) is 49.8 Å². The van der Waals surface area contributed by atoms with Gasteiger partial charge in [-0.2, -0.15) is 13.2 Å². The van der Waals surface area contributed by atoms with Crippen LogP contribution < -0.4 is 10.6 Å². The third-order valence-electron chi connectivity index (χ3n) is 4.93. The molecule has 5 nitrogen and oxygen atoms in total. The molecule has 1 aromatic carbocycles. The van der Waals surface area contributed by atoms with E-state index in [1.54, 1.807) is 7.05 Å². The fraction of sp³-hybridized carbons (Fsp3) is 0.500. The lowest BCUT2D eigenvalue weighted by Gasteiger charge is -2.29. The highest BCUT2D eigenvalue weighted by Crippen LogP contribution is 2.30. The summed E-state index contributed by atoms with van der Waals surface area (Å²) in [6, 6.07) is 10.7. The van der Waals surface area contributed by atoms with Gasteiger partial charge in [0.25, 0.3) is 0 Å². The quantitative estimate of drug-likeness (QED) is 0.525. The lowest BCUT2D eigenvalue weighted by Crippen LogP contribution is -2.43. The fourth-order valence-corrected chi connectivity index (χ4v) is 4.25. The zero-order valence-electron chi connectivity index (χ0n) is 16.4. The monoisotopic (exact) mass is 425 g/mol. The Labute approximate surface area is 173 Å². The summed E-state index contributed by atoms with van der Waals surface area (Å²) in [4.78, 5) is 10.4. The van der Waals surface area contributed by atoms with Crippen molar-refractivity contribution in [3.05, 3.63) is 52.0 Å². The molecule has 2 aromatic rings. The Morgan fingerprint density at radius 3 is 2.55 bits per heavy atom. The van der Waals surface area contributed by atoms with E-state index in [9.17, 15) is 13.2 Å². The first kappa shape index (κ1) is 21.6. The molecule has 1 atom stereocenters. The Morgan fingerprint density at radius 2 is 1.93 bits per heavy atom. The zero-order chi connectivity index (χ0) is 20.7. The van der Waals surface area contributed by atoms with Gasteiger partial charge in [0.15, 0.2) is 11.7 Å². The van der Waals surface area contributed by atoms with Gasteiger partial charge in [-0.05, 0) is 31.5 Å². The molecule has 2 N–H and O–H groups in total. The Balaban J connectivity index is 1.51. The van der Waals surface area contributed by atoms with Gasteiger partial charge in [0.05, 0.1) is 11.0 Å². The van der Waals surface area contributed by atoms with Crippen LogP contribution in [0.15, 0.2) is 40.7 Å². The second-order valence-electron chi connectivity index (χ2n) is 6.92. The SMILES string of the molecule is CN=C(NCCc1nc(C(F)(F)F)cs1)NCC(c1ccccc1)N1CCCC1. The van der Waals surface area contributed by atoms with E-state index < -0.39 is 11.9 Å². The molecule has 158 valence electrons. The Bertz CT molecular complexity index is 785. The third-order valence-corrected chi connectivity index (χ3v) is 5.83. The van der Waals surface area contributed by atoms with Crippen LogP contribution in [0.25, 0.3) is 0 Å². The van der Waals surface area contributed by atoms with Crippen molar-refractivity contribution in [2.75, 3.05) is 33.2 Å². The van der Waals surface area contributed by atoms with Gasteiger partial charge in [0, 0.05) is 31.9 Å². The summed E-state index contributed by atoms with van der Waals surface area (Å²) in [5, 5.41) is 8.05. The van der Waals surface area contributed by atoms with Gasteiger partial charge in [-0.15, -0.1) is 11.3 Å². The van der Waals surface area contributed by atoms with Crippen LogP contribution in [-0.2, 0) is 12.6 Å². The number of alkyl halides is 3. The van der Waals surface area contributed by atoms with Crippen molar-refractivity contribution in [2.24, 2.45) is 4.99 Å². The highest BCUT2D eigenvalue weighted by atomic mass is 32.1. The van der Waals surface area contributed by atoms with Crippen LogP contribution in [0.5, 0.6) is 0 Å². The van der Waals surface area contributed by atoms with Crippen LogP contribution in [-0.4, -0.2) is 49.1 Å². The molecule has 0 saturated carbocycles. The third kappa shape index (κ3) is 6.17. The second kappa shape index (κ2) is 10.1. The summed E-state index contributed by atoms with van der Waals surface area (Å²) >= 11 is 1.03. The molecule has 0 spiro atoms. The van der Waals surface area contributed by atoms with Gasteiger partial charge in [0.2, 0.25) is 0 Å². The van der Waals surface area contributed by atoms with Crippen molar-refractivity contribution in [1.82, 2.24) is 20.5 Å². The molecule has 29 heavy (non-hydrogen) atoms. The average molecular weight is 426 g/mol. The first-order valence-electron chi connectivity index (χ1n) is 9.72. The topological polar surface area (TPSA) is 52.6 Å². The molecule has 0 amide bonds. The molecule has 9 heteroatoms. The van der Waals surface area contributed by atoms with Gasteiger partial charge in [0.1, 0.15) is 0 Å². The largest absolute Gasteiger partial charge is 0.434 e. The predicted octanol–water partition coefficient (Wildman–Crippen LogP) is 3.71. The van der Waals surface area contributed by atoms with E-state index in [-0.39, 0.29) is 6.04 Å². The lowest BCUT2D eigenvalue weighted by molar-refractivity contribution is -0.140. The summed E-state index contributed by atoms with van der Waals surface area (Å²) < 4.78 is 37.9. The van der Waals surface area contributed by atoms with Crippen LogP contribution in [0.3, 0.4) is 0 Å². The molecule has 1 unspecified atom stereocenters. The van der Waals surface area contributed by atoms with Gasteiger partial charge in [-0.25, -0.2) is 4.98 Å². The normalized spacial score (nSPS) is 16.8. The summed E-state index contributed by atoms with van der Waals surface area (Å²) in [6.07, 6.45) is -1.55. The maximum Gasteiger partial charge on any atom is 0.434 e. The summed E-state index contributed by atoms with van der Waals surface area (Å²) in [5.41, 5.74) is 0.441. The van der Waals surface area contributed by atoms with Crippen LogP contribution in [0, 0.1) is 0 Å². The van der Waals surface area contributed by atoms with Gasteiger partial charge in [-0.1, -0.05) is 30.3 Å². The van der Waals surface area contributed by atoms with Crippen molar-refractivity contribution in [3.63, 3.8) is 0 Å². The first-order valence-corrected chi connectivity index (χ1v) is 10.6.